The lowest BCUT2D eigenvalue weighted by Crippen LogP contribution is -2.26. The van der Waals surface area contributed by atoms with Gasteiger partial charge in [-0.05, 0) is 72.1 Å². The van der Waals surface area contributed by atoms with Gasteiger partial charge in [0.2, 0.25) is 0 Å². The zero-order chi connectivity index (χ0) is 24.8. The number of amides is 2. The third-order valence-electron chi connectivity index (χ3n) is 6.03. The maximum absolute atomic E-state index is 12.9. The Morgan fingerprint density at radius 1 is 0.971 bits per heavy atom. The summed E-state index contributed by atoms with van der Waals surface area (Å²) in [6, 6.07) is 20.2. The molecule has 1 aliphatic heterocycles. The molecule has 3 aromatic rings. The first kappa shape index (κ1) is 24.7. The van der Waals surface area contributed by atoms with E-state index in [2.05, 4.69) is 34.7 Å². The average Bonchev–Trinajstić information content (AvgIpc) is 2.87. The number of nitrogens with one attached hydrogen (secondary N) is 3. The Kier molecular flexibility index (Phi) is 7.97. The minimum atomic E-state index is -0.217. The van der Waals surface area contributed by atoms with Gasteiger partial charge in [-0.25, -0.2) is 0 Å². The fourth-order valence-corrected chi connectivity index (χ4v) is 4.41. The second-order valence-electron chi connectivity index (χ2n) is 8.68. The van der Waals surface area contributed by atoms with Crippen molar-refractivity contribution in [3.05, 3.63) is 100 Å². The van der Waals surface area contributed by atoms with E-state index < -0.39 is 0 Å². The largest absolute Gasteiger partial charge is 0.348 e. The van der Waals surface area contributed by atoms with E-state index in [9.17, 15) is 9.59 Å². The number of anilines is 1. The van der Waals surface area contributed by atoms with E-state index >= 15 is 0 Å². The van der Waals surface area contributed by atoms with Crippen LogP contribution in [0.3, 0.4) is 0 Å². The van der Waals surface area contributed by atoms with Crippen LogP contribution in [-0.4, -0.2) is 41.8 Å². The molecule has 0 atom stereocenters. The summed E-state index contributed by atoms with van der Waals surface area (Å²) in [5.74, 6) is 0.0142. The Labute approximate surface area is 209 Å². The van der Waals surface area contributed by atoms with Gasteiger partial charge in [0.1, 0.15) is 0 Å². The zero-order valence-electron chi connectivity index (χ0n) is 19.6. The van der Waals surface area contributed by atoms with Crippen LogP contribution >= 0.6 is 11.9 Å². The van der Waals surface area contributed by atoms with Crippen molar-refractivity contribution in [1.82, 2.24) is 10.2 Å². The summed E-state index contributed by atoms with van der Waals surface area (Å²) in [7, 11) is 2.10. The highest BCUT2D eigenvalue weighted by Gasteiger charge is 2.15. The molecular formula is C27H29N5O2S. The molecule has 3 aromatic carbocycles. The smallest absolute Gasteiger partial charge is 0.255 e. The lowest BCUT2D eigenvalue weighted by Gasteiger charge is -2.25. The predicted octanol–water partition coefficient (Wildman–Crippen LogP) is 3.83. The van der Waals surface area contributed by atoms with Gasteiger partial charge < -0.3 is 20.9 Å². The second kappa shape index (κ2) is 11.3. The number of carbonyl (C=O) groups is 2. The van der Waals surface area contributed by atoms with E-state index in [4.69, 9.17) is 10.5 Å². The number of hydrogen-bond donors (Lipinski definition) is 4. The maximum Gasteiger partial charge on any atom is 0.255 e. The highest BCUT2D eigenvalue weighted by molar-refractivity contribution is 7.97. The topological polar surface area (TPSA) is 111 Å². The molecule has 0 aromatic heterocycles. The number of nitrogens with zero attached hydrogens (tertiary/aromatic N) is 1. The highest BCUT2D eigenvalue weighted by atomic mass is 32.2. The number of carbonyl (C=O) groups excluding carboxylic acids is 2. The Morgan fingerprint density at radius 2 is 1.74 bits per heavy atom. The molecule has 2 amide bonds. The van der Waals surface area contributed by atoms with Crippen molar-refractivity contribution in [3.63, 3.8) is 0 Å². The van der Waals surface area contributed by atoms with Crippen LogP contribution < -0.4 is 15.8 Å². The minimum absolute atomic E-state index is 0.184. The second-order valence-corrected chi connectivity index (χ2v) is 9.30. The summed E-state index contributed by atoms with van der Waals surface area (Å²) < 4.78 is 0. The van der Waals surface area contributed by atoms with Crippen molar-refractivity contribution in [2.45, 2.75) is 19.5 Å². The van der Waals surface area contributed by atoms with Crippen LogP contribution in [0.15, 0.2) is 66.7 Å². The summed E-state index contributed by atoms with van der Waals surface area (Å²) in [5, 5.41) is 19.2. The monoisotopic (exact) mass is 487 g/mol. The fourth-order valence-electron chi connectivity index (χ4n) is 4.08. The Balaban J connectivity index is 1.36. The van der Waals surface area contributed by atoms with Gasteiger partial charge in [0.15, 0.2) is 0 Å². The van der Waals surface area contributed by atoms with Crippen LogP contribution in [0.1, 0.15) is 43.0 Å². The first-order valence-corrected chi connectivity index (χ1v) is 12.5. The lowest BCUT2D eigenvalue weighted by atomic mass is 9.99. The molecule has 0 fully saturated rings. The molecule has 0 radical (unpaired) electrons. The van der Waals surface area contributed by atoms with E-state index in [0.717, 1.165) is 48.3 Å². The molecule has 1 heterocycles. The highest BCUT2D eigenvalue weighted by Crippen LogP contribution is 2.22. The quantitative estimate of drug-likeness (QED) is 0.285. The number of fused-ring (bicyclic) bond motifs is 1. The van der Waals surface area contributed by atoms with Crippen LogP contribution in [0.2, 0.25) is 0 Å². The van der Waals surface area contributed by atoms with Crippen molar-refractivity contribution in [2.75, 3.05) is 24.7 Å². The standard InChI is InChI=1S/C27H29N5O2S/c1-32-12-11-19-9-10-24(14-23(19)16-32)31-27(34)22-4-2-3-18(13-22)15-30-26(33)21-7-5-20(6-8-21)25(28)17-35-29/h2-10,13-14,28H,11-12,15-17,29H2,1H3,(H,30,33)(H,31,34). The first-order valence-electron chi connectivity index (χ1n) is 11.4. The Bertz CT molecular complexity index is 1240. The Morgan fingerprint density at radius 3 is 2.51 bits per heavy atom. The van der Waals surface area contributed by atoms with Crippen molar-refractivity contribution in [3.8, 4) is 0 Å². The molecule has 0 saturated heterocycles. The van der Waals surface area contributed by atoms with Gasteiger partial charge in [-0.15, -0.1) is 0 Å². The van der Waals surface area contributed by atoms with E-state index in [1.54, 1.807) is 36.4 Å². The van der Waals surface area contributed by atoms with Crippen LogP contribution in [0, 0.1) is 5.41 Å². The van der Waals surface area contributed by atoms with Gasteiger partial charge in [-0.3, -0.25) is 14.7 Å². The van der Waals surface area contributed by atoms with E-state index in [1.165, 1.54) is 11.1 Å². The van der Waals surface area contributed by atoms with Gasteiger partial charge in [0, 0.05) is 42.2 Å². The maximum atomic E-state index is 12.9. The fraction of sp³-hybridized carbons (Fsp3) is 0.222. The van der Waals surface area contributed by atoms with Gasteiger partial charge >= 0.3 is 0 Å². The molecule has 0 aliphatic carbocycles. The molecule has 180 valence electrons. The first-order chi connectivity index (χ1) is 16.9. The SMILES string of the molecule is CN1CCc2ccc(NC(=O)c3cccc(CNC(=O)c4ccc(C(=N)CSN)cc4)c3)cc2C1. The number of nitrogens with two attached hydrogens (primary N) is 1. The summed E-state index contributed by atoms with van der Waals surface area (Å²) >= 11 is 1.10. The number of hydrogen-bond acceptors (Lipinski definition) is 6. The Hall–Kier alpha value is -3.46. The number of likely N-dealkylation sites (N-methyl/N-ethyl adjacent to an activating group) is 1. The number of rotatable bonds is 8. The van der Waals surface area contributed by atoms with Crippen LogP contribution in [0.25, 0.3) is 0 Å². The summed E-state index contributed by atoms with van der Waals surface area (Å²) in [5.41, 5.74) is 6.39. The third-order valence-corrected chi connectivity index (χ3v) is 6.49. The normalized spacial score (nSPS) is 13.1. The number of benzene rings is 3. The molecule has 5 N–H and O–H groups in total. The van der Waals surface area contributed by atoms with Gasteiger partial charge in [0.25, 0.3) is 11.8 Å². The zero-order valence-corrected chi connectivity index (χ0v) is 20.5. The van der Waals surface area contributed by atoms with E-state index in [-0.39, 0.29) is 11.8 Å². The van der Waals surface area contributed by atoms with Crippen LogP contribution in [0.4, 0.5) is 5.69 Å². The average molecular weight is 488 g/mol. The van der Waals surface area contributed by atoms with Crippen molar-refractivity contribution in [1.29, 1.82) is 5.41 Å². The molecule has 4 rings (SSSR count). The molecular weight excluding hydrogens is 458 g/mol. The summed E-state index contributed by atoms with van der Waals surface area (Å²) in [6.45, 7) is 2.23. The van der Waals surface area contributed by atoms with Gasteiger partial charge in [-0.1, -0.05) is 42.3 Å². The van der Waals surface area contributed by atoms with Crippen LogP contribution in [0.5, 0.6) is 0 Å². The predicted molar refractivity (Wildman–Crippen MR) is 142 cm³/mol. The molecule has 0 unspecified atom stereocenters. The molecule has 7 nitrogen and oxygen atoms in total. The minimum Gasteiger partial charge on any atom is -0.348 e. The molecule has 0 spiro atoms. The molecule has 0 bridgehead atoms. The van der Waals surface area contributed by atoms with Crippen molar-refractivity contribution < 1.29 is 9.59 Å². The molecule has 0 saturated carbocycles. The van der Waals surface area contributed by atoms with Crippen LogP contribution in [-0.2, 0) is 19.5 Å². The van der Waals surface area contributed by atoms with Crippen molar-refractivity contribution >= 4 is 35.2 Å². The lowest BCUT2D eigenvalue weighted by molar-refractivity contribution is 0.0950. The summed E-state index contributed by atoms with van der Waals surface area (Å²) in [6.07, 6.45) is 1.02. The summed E-state index contributed by atoms with van der Waals surface area (Å²) in [4.78, 5) is 27.7. The van der Waals surface area contributed by atoms with E-state index in [1.807, 2.05) is 18.2 Å². The third kappa shape index (κ3) is 6.36. The van der Waals surface area contributed by atoms with Gasteiger partial charge in [-0.2, -0.15) is 0 Å². The molecule has 8 heteroatoms. The molecule has 1 aliphatic rings. The van der Waals surface area contributed by atoms with E-state index in [0.29, 0.717) is 29.1 Å². The van der Waals surface area contributed by atoms with Crippen molar-refractivity contribution in [2.24, 2.45) is 5.14 Å². The molecule has 35 heavy (non-hydrogen) atoms. The van der Waals surface area contributed by atoms with Gasteiger partial charge in [0.05, 0.1) is 5.75 Å².